The van der Waals surface area contributed by atoms with E-state index in [-0.39, 0.29) is 11.8 Å². The molecule has 2 amide bonds. The van der Waals surface area contributed by atoms with E-state index in [0.717, 1.165) is 0 Å². The normalized spacial score (nSPS) is 12.7. The molecule has 12 heavy (non-hydrogen) atoms. The van der Waals surface area contributed by atoms with Crippen LogP contribution in [0.3, 0.4) is 0 Å². The van der Waals surface area contributed by atoms with Gasteiger partial charge in [-0.15, -0.1) is 0 Å². The molecule has 0 saturated carbocycles. The van der Waals surface area contributed by atoms with Gasteiger partial charge in [-0.1, -0.05) is 20.8 Å². The highest BCUT2D eigenvalue weighted by atomic mass is 16.2. The van der Waals surface area contributed by atoms with Crippen LogP contribution >= 0.6 is 0 Å². The summed E-state index contributed by atoms with van der Waals surface area (Å²) in [7, 11) is 0. The summed E-state index contributed by atoms with van der Waals surface area (Å²) in [6.45, 7) is 5.34. The molecule has 0 radical (unpaired) electrons. The number of carbonyl (C=O) groups excluding carboxylic acids is 2. The Hall–Kier alpha value is -1.06. The first-order chi connectivity index (χ1) is 5.49. The Kier molecular flexibility index (Phi) is 4.33. The molecule has 0 aliphatic carbocycles. The minimum atomic E-state index is -0.528. The molecule has 4 nitrogen and oxygen atoms in total. The number of nitrogens with one attached hydrogen (secondary N) is 1. The first-order valence-corrected chi connectivity index (χ1v) is 4.08. The summed E-state index contributed by atoms with van der Waals surface area (Å²) in [4.78, 5) is 21.8. The highest BCUT2D eigenvalue weighted by Crippen LogP contribution is 1.95. The van der Waals surface area contributed by atoms with Crippen LogP contribution in [-0.2, 0) is 9.59 Å². The second kappa shape index (κ2) is 4.74. The van der Waals surface area contributed by atoms with E-state index in [2.05, 4.69) is 5.32 Å². The van der Waals surface area contributed by atoms with Gasteiger partial charge in [-0.05, 0) is 6.42 Å². The van der Waals surface area contributed by atoms with Crippen molar-refractivity contribution in [2.75, 3.05) is 0 Å². The Morgan fingerprint density at radius 1 is 1.42 bits per heavy atom. The van der Waals surface area contributed by atoms with Crippen molar-refractivity contribution < 1.29 is 9.59 Å². The first-order valence-electron chi connectivity index (χ1n) is 4.08. The molecule has 0 bridgehead atoms. The molecule has 0 saturated heterocycles. The van der Waals surface area contributed by atoms with Gasteiger partial charge in [0.1, 0.15) is 6.04 Å². The standard InChI is InChI=1S/C8H16N2O2/c1-4-6(7(9)11)10-8(12)5(2)3/h5-6H,4H2,1-3H3,(H2,9,11)(H,10,12)/t6-/m1/s1. The minimum Gasteiger partial charge on any atom is -0.368 e. The van der Waals surface area contributed by atoms with E-state index in [9.17, 15) is 9.59 Å². The lowest BCUT2D eigenvalue weighted by molar-refractivity contribution is -0.129. The zero-order valence-corrected chi connectivity index (χ0v) is 7.76. The van der Waals surface area contributed by atoms with Gasteiger partial charge in [-0.2, -0.15) is 0 Å². The lowest BCUT2D eigenvalue weighted by atomic mass is 10.1. The van der Waals surface area contributed by atoms with E-state index in [0.29, 0.717) is 6.42 Å². The number of nitrogens with two attached hydrogens (primary N) is 1. The van der Waals surface area contributed by atoms with E-state index in [4.69, 9.17) is 5.73 Å². The van der Waals surface area contributed by atoms with Gasteiger partial charge in [-0.25, -0.2) is 0 Å². The SMILES string of the molecule is CC[C@@H](NC(=O)C(C)C)C(N)=O. The van der Waals surface area contributed by atoms with Gasteiger partial charge in [0, 0.05) is 5.92 Å². The third-order valence-corrected chi connectivity index (χ3v) is 1.59. The van der Waals surface area contributed by atoms with Crippen LogP contribution in [0.1, 0.15) is 27.2 Å². The van der Waals surface area contributed by atoms with E-state index in [1.165, 1.54) is 0 Å². The fraction of sp³-hybridized carbons (Fsp3) is 0.750. The smallest absolute Gasteiger partial charge is 0.239 e. The Labute approximate surface area is 72.5 Å². The molecule has 70 valence electrons. The van der Waals surface area contributed by atoms with Crippen molar-refractivity contribution in [1.82, 2.24) is 5.32 Å². The van der Waals surface area contributed by atoms with E-state index >= 15 is 0 Å². The molecule has 0 aliphatic heterocycles. The molecule has 0 fully saturated rings. The summed E-state index contributed by atoms with van der Waals surface area (Å²) in [5.41, 5.74) is 5.04. The van der Waals surface area contributed by atoms with Crippen LogP contribution in [0.2, 0.25) is 0 Å². The van der Waals surface area contributed by atoms with Gasteiger partial charge >= 0.3 is 0 Å². The number of rotatable bonds is 4. The fourth-order valence-electron chi connectivity index (χ4n) is 0.713. The van der Waals surface area contributed by atoms with Crippen LogP contribution in [0.5, 0.6) is 0 Å². The monoisotopic (exact) mass is 172 g/mol. The average Bonchev–Trinajstić information content (AvgIpc) is 1.98. The van der Waals surface area contributed by atoms with Gasteiger partial charge < -0.3 is 11.1 Å². The predicted molar refractivity (Wildman–Crippen MR) is 46.3 cm³/mol. The Bertz CT molecular complexity index is 178. The van der Waals surface area contributed by atoms with Crippen LogP contribution in [-0.4, -0.2) is 17.9 Å². The summed E-state index contributed by atoms with van der Waals surface area (Å²) in [6.07, 6.45) is 0.536. The Morgan fingerprint density at radius 3 is 2.17 bits per heavy atom. The molecule has 0 aromatic carbocycles. The average molecular weight is 172 g/mol. The van der Waals surface area contributed by atoms with Crippen molar-refractivity contribution in [2.45, 2.75) is 33.2 Å². The number of hydrogen-bond acceptors (Lipinski definition) is 2. The number of hydrogen-bond donors (Lipinski definition) is 2. The van der Waals surface area contributed by atoms with Gasteiger partial charge in [0.2, 0.25) is 11.8 Å². The summed E-state index contributed by atoms with van der Waals surface area (Å²) < 4.78 is 0. The van der Waals surface area contributed by atoms with E-state index < -0.39 is 11.9 Å². The van der Waals surface area contributed by atoms with Crippen LogP contribution in [0.25, 0.3) is 0 Å². The molecule has 0 aliphatic rings. The van der Waals surface area contributed by atoms with E-state index in [1.807, 2.05) is 0 Å². The van der Waals surface area contributed by atoms with Crippen molar-refractivity contribution in [2.24, 2.45) is 11.7 Å². The van der Waals surface area contributed by atoms with Crippen molar-refractivity contribution in [3.8, 4) is 0 Å². The van der Waals surface area contributed by atoms with E-state index in [1.54, 1.807) is 20.8 Å². The fourth-order valence-corrected chi connectivity index (χ4v) is 0.713. The van der Waals surface area contributed by atoms with Crippen molar-refractivity contribution in [1.29, 1.82) is 0 Å². The predicted octanol–water partition coefficient (Wildman–Crippen LogP) is 0.0225. The molecule has 0 aromatic rings. The second-order valence-corrected chi connectivity index (χ2v) is 3.03. The zero-order valence-electron chi connectivity index (χ0n) is 7.76. The Morgan fingerprint density at radius 2 is 1.92 bits per heavy atom. The second-order valence-electron chi connectivity index (χ2n) is 3.03. The zero-order chi connectivity index (χ0) is 9.72. The summed E-state index contributed by atoms with van der Waals surface area (Å²) in [6, 6.07) is -0.528. The molecule has 3 N–H and O–H groups in total. The van der Waals surface area contributed by atoms with Crippen molar-refractivity contribution in [3.05, 3.63) is 0 Å². The largest absolute Gasteiger partial charge is 0.368 e. The molecule has 1 atom stereocenters. The summed E-state index contributed by atoms with van der Waals surface area (Å²) in [5.74, 6) is -0.731. The maximum Gasteiger partial charge on any atom is 0.239 e. The highest BCUT2D eigenvalue weighted by Gasteiger charge is 2.16. The maximum atomic E-state index is 11.1. The van der Waals surface area contributed by atoms with Gasteiger partial charge in [-0.3, -0.25) is 9.59 Å². The molecule has 0 unspecified atom stereocenters. The summed E-state index contributed by atoms with van der Waals surface area (Å²) in [5, 5.41) is 2.55. The number of primary amides is 1. The van der Waals surface area contributed by atoms with Gasteiger partial charge in [0.05, 0.1) is 0 Å². The topological polar surface area (TPSA) is 72.2 Å². The third-order valence-electron chi connectivity index (χ3n) is 1.59. The van der Waals surface area contributed by atoms with Crippen LogP contribution in [0.15, 0.2) is 0 Å². The quantitative estimate of drug-likeness (QED) is 0.627. The van der Waals surface area contributed by atoms with Crippen LogP contribution in [0, 0.1) is 5.92 Å². The highest BCUT2D eigenvalue weighted by molar-refractivity contribution is 5.87. The molecule has 0 heterocycles. The molecule has 0 aromatic heterocycles. The van der Waals surface area contributed by atoms with Crippen molar-refractivity contribution in [3.63, 3.8) is 0 Å². The Balaban J connectivity index is 4.03. The summed E-state index contributed by atoms with van der Waals surface area (Å²) >= 11 is 0. The minimum absolute atomic E-state index is 0.113. The molecular formula is C8H16N2O2. The first kappa shape index (κ1) is 10.9. The maximum absolute atomic E-state index is 11.1. The van der Waals surface area contributed by atoms with Crippen LogP contribution in [0.4, 0.5) is 0 Å². The van der Waals surface area contributed by atoms with Crippen molar-refractivity contribution >= 4 is 11.8 Å². The lowest BCUT2D eigenvalue weighted by Gasteiger charge is -2.14. The van der Waals surface area contributed by atoms with Gasteiger partial charge in [0.25, 0.3) is 0 Å². The molecule has 4 heteroatoms. The molecular weight excluding hydrogens is 156 g/mol. The third kappa shape index (κ3) is 3.37. The molecule has 0 rings (SSSR count). The number of amides is 2. The van der Waals surface area contributed by atoms with Gasteiger partial charge in [0.15, 0.2) is 0 Å². The van der Waals surface area contributed by atoms with Crippen LogP contribution < -0.4 is 11.1 Å². The molecule has 0 spiro atoms. The lowest BCUT2D eigenvalue weighted by Crippen LogP contribution is -2.45. The number of carbonyl (C=O) groups is 2.